The maximum atomic E-state index is 12.1. The van der Waals surface area contributed by atoms with Crippen LogP contribution in [0, 0.1) is 5.92 Å². The second-order valence-electron chi connectivity index (χ2n) is 6.11. The topological polar surface area (TPSA) is 38.3 Å². The van der Waals surface area contributed by atoms with Crippen LogP contribution in [-0.2, 0) is 4.79 Å². The Morgan fingerprint density at radius 3 is 2.81 bits per heavy atom. The van der Waals surface area contributed by atoms with E-state index in [2.05, 4.69) is 5.32 Å². The summed E-state index contributed by atoms with van der Waals surface area (Å²) in [6.07, 6.45) is 8.35. The van der Waals surface area contributed by atoms with Crippen LogP contribution in [0.3, 0.4) is 0 Å². The van der Waals surface area contributed by atoms with Crippen LogP contribution in [0.25, 0.3) is 0 Å². The van der Waals surface area contributed by atoms with Crippen LogP contribution in [0.15, 0.2) is 24.3 Å². The summed E-state index contributed by atoms with van der Waals surface area (Å²) in [5.74, 6) is 1.75. The van der Waals surface area contributed by atoms with Crippen LogP contribution in [-0.4, -0.2) is 13.0 Å². The van der Waals surface area contributed by atoms with Gasteiger partial charge in [-0.1, -0.05) is 44.2 Å². The molecule has 0 aliphatic heterocycles. The summed E-state index contributed by atoms with van der Waals surface area (Å²) in [5, 5.41) is 3.09. The molecule has 2 rings (SSSR count). The van der Waals surface area contributed by atoms with Crippen molar-refractivity contribution < 1.29 is 9.53 Å². The number of nitrogens with one attached hydrogen (secondary N) is 1. The molecular weight excluding hydrogens is 262 g/mol. The molecular formula is C18H27NO2. The lowest BCUT2D eigenvalue weighted by molar-refractivity contribution is -0.122. The Morgan fingerprint density at radius 1 is 1.33 bits per heavy atom. The lowest BCUT2D eigenvalue weighted by Gasteiger charge is -2.21. The first-order valence-electron chi connectivity index (χ1n) is 8.12. The molecule has 0 heterocycles. The number of rotatable bonds is 6. The highest BCUT2D eigenvalue weighted by molar-refractivity contribution is 5.76. The Labute approximate surface area is 128 Å². The molecule has 1 N–H and O–H groups in total. The number of methoxy groups -OCH3 is 1. The first kappa shape index (κ1) is 15.9. The Balaban J connectivity index is 1.78. The number of hydrogen-bond acceptors (Lipinski definition) is 2. The van der Waals surface area contributed by atoms with E-state index in [0.717, 1.165) is 23.7 Å². The van der Waals surface area contributed by atoms with Crippen molar-refractivity contribution in [1.29, 1.82) is 0 Å². The first-order chi connectivity index (χ1) is 10.2. The first-order valence-corrected chi connectivity index (χ1v) is 8.12. The zero-order chi connectivity index (χ0) is 15.1. The van der Waals surface area contributed by atoms with E-state index in [9.17, 15) is 4.79 Å². The molecule has 0 saturated heterocycles. The molecule has 0 unspecified atom stereocenters. The summed E-state index contributed by atoms with van der Waals surface area (Å²) in [4.78, 5) is 12.1. The van der Waals surface area contributed by atoms with E-state index in [1.165, 1.54) is 32.1 Å². The van der Waals surface area contributed by atoms with Gasteiger partial charge in [0.2, 0.25) is 5.91 Å². The van der Waals surface area contributed by atoms with E-state index >= 15 is 0 Å². The van der Waals surface area contributed by atoms with Gasteiger partial charge in [-0.2, -0.15) is 0 Å². The monoisotopic (exact) mass is 289 g/mol. The van der Waals surface area contributed by atoms with Crippen LogP contribution < -0.4 is 10.1 Å². The molecule has 0 radical (unpaired) electrons. The zero-order valence-corrected chi connectivity index (χ0v) is 13.2. The Hall–Kier alpha value is -1.51. The SMILES string of the molecule is COc1cccc([C@@H](C)NC(=O)CCC2CCCCC2)c1. The lowest BCUT2D eigenvalue weighted by atomic mass is 9.86. The number of carbonyl (C=O) groups excluding carboxylic acids is 1. The van der Waals surface area contributed by atoms with Gasteiger partial charge in [-0.15, -0.1) is 0 Å². The smallest absolute Gasteiger partial charge is 0.220 e. The Morgan fingerprint density at radius 2 is 2.10 bits per heavy atom. The van der Waals surface area contributed by atoms with E-state index < -0.39 is 0 Å². The maximum absolute atomic E-state index is 12.1. The molecule has 1 aromatic rings. The van der Waals surface area contributed by atoms with Crippen molar-refractivity contribution >= 4 is 5.91 Å². The minimum atomic E-state index is 0.0268. The van der Waals surface area contributed by atoms with Gasteiger partial charge < -0.3 is 10.1 Å². The standard InChI is InChI=1S/C18H27NO2/c1-14(16-9-6-10-17(13-16)21-2)19-18(20)12-11-15-7-4-3-5-8-15/h6,9-10,13-15H,3-5,7-8,11-12H2,1-2H3,(H,19,20)/t14-/m1/s1. The van der Waals surface area contributed by atoms with Gasteiger partial charge in [0.15, 0.2) is 0 Å². The molecule has 116 valence electrons. The van der Waals surface area contributed by atoms with Crippen molar-refractivity contribution in [3.63, 3.8) is 0 Å². The summed E-state index contributed by atoms with van der Waals surface area (Å²) in [5.41, 5.74) is 1.08. The van der Waals surface area contributed by atoms with Crippen molar-refractivity contribution in [2.75, 3.05) is 7.11 Å². The second kappa shape index (κ2) is 8.06. The largest absolute Gasteiger partial charge is 0.497 e. The van der Waals surface area contributed by atoms with E-state index in [1.807, 2.05) is 31.2 Å². The summed E-state index contributed by atoms with van der Waals surface area (Å²) < 4.78 is 5.22. The van der Waals surface area contributed by atoms with Gasteiger partial charge in [-0.05, 0) is 37.0 Å². The lowest BCUT2D eigenvalue weighted by Crippen LogP contribution is -2.27. The van der Waals surface area contributed by atoms with Crippen molar-refractivity contribution in [3.05, 3.63) is 29.8 Å². The summed E-state index contributed by atoms with van der Waals surface area (Å²) in [6.45, 7) is 2.02. The van der Waals surface area contributed by atoms with E-state index in [0.29, 0.717) is 6.42 Å². The predicted octanol–water partition coefficient (Wildman–Crippen LogP) is 4.23. The molecule has 1 fully saturated rings. The minimum Gasteiger partial charge on any atom is -0.497 e. The van der Waals surface area contributed by atoms with Gasteiger partial charge in [-0.25, -0.2) is 0 Å². The molecule has 1 aliphatic carbocycles. The number of carbonyl (C=O) groups is 1. The quantitative estimate of drug-likeness (QED) is 0.851. The van der Waals surface area contributed by atoms with E-state index in [-0.39, 0.29) is 11.9 Å². The molecule has 21 heavy (non-hydrogen) atoms. The highest BCUT2D eigenvalue weighted by Gasteiger charge is 2.16. The van der Waals surface area contributed by atoms with Crippen LogP contribution in [0.1, 0.15) is 63.5 Å². The average molecular weight is 289 g/mol. The van der Waals surface area contributed by atoms with Crippen molar-refractivity contribution in [2.45, 2.75) is 57.9 Å². The van der Waals surface area contributed by atoms with Crippen LogP contribution >= 0.6 is 0 Å². The summed E-state index contributed by atoms with van der Waals surface area (Å²) in [7, 11) is 1.66. The Bertz CT molecular complexity index is 452. The fourth-order valence-corrected chi connectivity index (χ4v) is 3.12. The number of benzene rings is 1. The fraction of sp³-hybridized carbons (Fsp3) is 0.611. The third-order valence-corrected chi connectivity index (χ3v) is 4.48. The number of amides is 1. The molecule has 1 atom stereocenters. The molecule has 1 aromatic carbocycles. The third-order valence-electron chi connectivity index (χ3n) is 4.48. The van der Waals surface area contributed by atoms with Gasteiger partial charge in [0.1, 0.15) is 5.75 Å². The van der Waals surface area contributed by atoms with Crippen LogP contribution in [0.5, 0.6) is 5.75 Å². The molecule has 0 aromatic heterocycles. The van der Waals surface area contributed by atoms with Crippen molar-refractivity contribution in [1.82, 2.24) is 5.32 Å². The van der Waals surface area contributed by atoms with Gasteiger partial charge in [0.05, 0.1) is 13.2 Å². The predicted molar refractivity (Wildman–Crippen MR) is 85.4 cm³/mol. The third kappa shape index (κ3) is 5.07. The van der Waals surface area contributed by atoms with E-state index in [4.69, 9.17) is 4.74 Å². The highest BCUT2D eigenvalue weighted by atomic mass is 16.5. The molecule has 3 nitrogen and oxygen atoms in total. The molecule has 1 saturated carbocycles. The molecule has 3 heteroatoms. The van der Waals surface area contributed by atoms with Crippen LogP contribution in [0.4, 0.5) is 0 Å². The number of hydrogen-bond donors (Lipinski definition) is 1. The highest BCUT2D eigenvalue weighted by Crippen LogP contribution is 2.27. The minimum absolute atomic E-state index is 0.0268. The normalized spacial score (nSPS) is 17.2. The molecule has 1 aliphatic rings. The Kier molecular flexibility index (Phi) is 6.09. The molecule has 0 bridgehead atoms. The van der Waals surface area contributed by atoms with E-state index in [1.54, 1.807) is 7.11 Å². The maximum Gasteiger partial charge on any atom is 0.220 e. The molecule has 1 amide bonds. The van der Waals surface area contributed by atoms with Gasteiger partial charge >= 0.3 is 0 Å². The number of ether oxygens (including phenoxy) is 1. The fourth-order valence-electron chi connectivity index (χ4n) is 3.12. The molecule has 0 spiro atoms. The average Bonchev–Trinajstić information content (AvgIpc) is 2.54. The van der Waals surface area contributed by atoms with Crippen molar-refractivity contribution in [3.8, 4) is 5.75 Å². The van der Waals surface area contributed by atoms with Gasteiger partial charge in [0.25, 0.3) is 0 Å². The zero-order valence-electron chi connectivity index (χ0n) is 13.2. The van der Waals surface area contributed by atoms with Gasteiger partial charge in [0, 0.05) is 6.42 Å². The summed E-state index contributed by atoms with van der Waals surface area (Å²) >= 11 is 0. The second-order valence-corrected chi connectivity index (χ2v) is 6.11. The van der Waals surface area contributed by atoms with Gasteiger partial charge in [-0.3, -0.25) is 4.79 Å². The summed E-state index contributed by atoms with van der Waals surface area (Å²) in [6, 6.07) is 7.90. The van der Waals surface area contributed by atoms with Crippen molar-refractivity contribution in [2.24, 2.45) is 5.92 Å². The van der Waals surface area contributed by atoms with Crippen LogP contribution in [0.2, 0.25) is 0 Å².